The van der Waals surface area contributed by atoms with Crippen molar-refractivity contribution in [3.05, 3.63) is 46.1 Å². The topological polar surface area (TPSA) is 69.4 Å². The molecule has 2 aliphatic heterocycles. The highest BCUT2D eigenvalue weighted by Crippen LogP contribution is 2.49. The van der Waals surface area contributed by atoms with Gasteiger partial charge in [0.1, 0.15) is 23.8 Å². The van der Waals surface area contributed by atoms with Crippen LogP contribution in [0, 0.1) is 0 Å². The van der Waals surface area contributed by atoms with Crippen LogP contribution in [0.25, 0.3) is 0 Å². The van der Waals surface area contributed by atoms with Crippen LogP contribution in [0.1, 0.15) is 43.1 Å². The maximum atomic E-state index is 13.2. The number of rotatable bonds is 5. The Morgan fingerprint density at radius 2 is 2.00 bits per heavy atom. The predicted molar refractivity (Wildman–Crippen MR) is 104 cm³/mol. The summed E-state index contributed by atoms with van der Waals surface area (Å²) in [4.78, 5) is 27.4. The van der Waals surface area contributed by atoms with Crippen molar-refractivity contribution in [1.82, 2.24) is 19.2 Å². The number of ether oxygens (including phenoxy) is 1. The molecule has 1 saturated heterocycles. The number of halogens is 1. The molecule has 29 heavy (non-hydrogen) atoms. The lowest BCUT2D eigenvalue weighted by Crippen LogP contribution is -2.54. The van der Waals surface area contributed by atoms with Crippen molar-refractivity contribution in [1.29, 1.82) is 0 Å². The number of carbonyl (C=O) groups is 1. The van der Waals surface area contributed by atoms with Crippen molar-refractivity contribution in [3.63, 3.8) is 0 Å². The van der Waals surface area contributed by atoms with E-state index in [1.165, 1.54) is 15.1 Å². The third-order valence-electron chi connectivity index (χ3n) is 6.57. The Labute approximate surface area is 168 Å². The summed E-state index contributed by atoms with van der Waals surface area (Å²) in [5.41, 5.74) is 0.868. The van der Waals surface area contributed by atoms with Crippen LogP contribution in [0.4, 0.5) is 4.39 Å². The first kappa shape index (κ1) is 18.4. The van der Waals surface area contributed by atoms with Crippen molar-refractivity contribution in [2.75, 3.05) is 20.2 Å². The second-order valence-electron chi connectivity index (χ2n) is 8.48. The molecule has 1 atom stereocenters. The standard InChI is InChI=1S/C21H25FN4O3/c1-29-16-7-5-14(6-8-16)21(9-10-21)13-25-20(28)26-17(3-2-4-18(26)23-25)19(27)24-11-15(22)12-24/h5-8,15,17H,2-4,9-13H2,1H3/t17-/m0/s1. The molecule has 5 rings (SSSR count). The monoisotopic (exact) mass is 400 g/mol. The van der Waals surface area contributed by atoms with Gasteiger partial charge in [0, 0.05) is 11.8 Å². The van der Waals surface area contributed by atoms with Gasteiger partial charge in [0.15, 0.2) is 0 Å². The number of fused-ring (bicyclic) bond motifs is 1. The quantitative estimate of drug-likeness (QED) is 0.768. The normalized spacial score (nSPS) is 22.7. The van der Waals surface area contributed by atoms with Crippen molar-refractivity contribution in [3.8, 4) is 5.75 Å². The number of carbonyl (C=O) groups excluding carboxylic acids is 1. The highest BCUT2D eigenvalue weighted by molar-refractivity contribution is 5.81. The third kappa shape index (κ3) is 3.05. The summed E-state index contributed by atoms with van der Waals surface area (Å²) in [6, 6.07) is 7.43. The minimum absolute atomic E-state index is 0.0843. The van der Waals surface area contributed by atoms with Gasteiger partial charge in [0.25, 0.3) is 0 Å². The Morgan fingerprint density at radius 3 is 2.62 bits per heavy atom. The van der Waals surface area contributed by atoms with Crippen LogP contribution in [-0.2, 0) is 23.2 Å². The van der Waals surface area contributed by atoms with Crippen molar-refractivity contribution in [2.24, 2.45) is 0 Å². The molecule has 1 amide bonds. The average Bonchev–Trinajstić information content (AvgIpc) is 3.43. The van der Waals surface area contributed by atoms with Crippen LogP contribution in [0.15, 0.2) is 29.1 Å². The van der Waals surface area contributed by atoms with E-state index in [4.69, 9.17) is 4.74 Å². The summed E-state index contributed by atoms with van der Waals surface area (Å²) in [7, 11) is 1.64. The first-order valence-electron chi connectivity index (χ1n) is 10.3. The lowest BCUT2D eigenvalue weighted by Gasteiger charge is -2.37. The zero-order valence-corrected chi connectivity index (χ0v) is 16.5. The molecule has 154 valence electrons. The van der Waals surface area contributed by atoms with Crippen LogP contribution in [-0.4, -0.2) is 51.5 Å². The molecule has 2 aromatic rings. The molecular formula is C21H25FN4O3. The Morgan fingerprint density at radius 1 is 1.28 bits per heavy atom. The molecule has 0 radical (unpaired) electrons. The average molecular weight is 400 g/mol. The number of nitrogens with zero attached hydrogens (tertiary/aromatic N) is 4. The molecule has 2 fully saturated rings. The molecular weight excluding hydrogens is 375 g/mol. The van der Waals surface area contributed by atoms with Crippen molar-refractivity contribution < 1.29 is 13.9 Å². The maximum Gasteiger partial charge on any atom is 0.346 e. The fourth-order valence-corrected chi connectivity index (χ4v) is 4.60. The van der Waals surface area contributed by atoms with Gasteiger partial charge in [-0.1, -0.05) is 12.1 Å². The lowest BCUT2D eigenvalue weighted by molar-refractivity contribution is -0.142. The van der Waals surface area contributed by atoms with Gasteiger partial charge < -0.3 is 9.64 Å². The Balaban J connectivity index is 1.41. The molecule has 8 heteroatoms. The van der Waals surface area contributed by atoms with E-state index in [1.807, 2.05) is 12.1 Å². The molecule has 1 aromatic heterocycles. The molecule has 0 bridgehead atoms. The molecule has 3 heterocycles. The SMILES string of the molecule is COc1ccc(C2(Cn3nc4n(c3=O)[C@H](C(=O)N3CC(F)C3)CCC4)CC2)cc1. The number of aromatic nitrogens is 3. The summed E-state index contributed by atoms with van der Waals surface area (Å²) >= 11 is 0. The predicted octanol–water partition coefficient (Wildman–Crippen LogP) is 1.84. The van der Waals surface area contributed by atoms with Gasteiger partial charge in [-0.25, -0.2) is 13.9 Å². The van der Waals surface area contributed by atoms with E-state index in [1.54, 1.807) is 11.7 Å². The van der Waals surface area contributed by atoms with Gasteiger partial charge in [-0.15, -0.1) is 0 Å². The molecule has 1 aromatic carbocycles. The molecule has 0 N–H and O–H groups in total. The largest absolute Gasteiger partial charge is 0.497 e. The van der Waals surface area contributed by atoms with Gasteiger partial charge in [-0.05, 0) is 43.4 Å². The smallest absolute Gasteiger partial charge is 0.346 e. The van der Waals surface area contributed by atoms with Gasteiger partial charge in [-0.3, -0.25) is 9.36 Å². The van der Waals surface area contributed by atoms with E-state index in [0.29, 0.717) is 25.2 Å². The van der Waals surface area contributed by atoms with E-state index in [-0.39, 0.29) is 30.1 Å². The molecule has 3 aliphatic rings. The van der Waals surface area contributed by atoms with Crippen molar-refractivity contribution in [2.45, 2.75) is 56.3 Å². The van der Waals surface area contributed by atoms with Crippen molar-refractivity contribution >= 4 is 5.91 Å². The van der Waals surface area contributed by atoms with Crippen LogP contribution >= 0.6 is 0 Å². The van der Waals surface area contributed by atoms with E-state index in [9.17, 15) is 14.0 Å². The summed E-state index contributed by atoms with van der Waals surface area (Å²) in [6.07, 6.45) is 3.16. The first-order chi connectivity index (χ1) is 14.0. The molecule has 1 saturated carbocycles. The first-order valence-corrected chi connectivity index (χ1v) is 10.3. The number of hydrogen-bond donors (Lipinski definition) is 0. The number of benzene rings is 1. The Hall–Kier alpha value is -2.64. The second kappa shape index (κ2) is 6.71. The van der Waals surface area contributed by atoms with E-state index >= 15 is 0 Å². The molecule has 1 aliphatic carbocycles. The van der Waals surface area contributed by atoms with Crippen LogP contribution in [0.5, 0.6) is 5.75 Å². The fourth-order valence-electron chi connectivity index (χ4n) is 4.60. The Bertz CT molecular complexity index is 986. The second-order valence-corrected chi connectivity index (χ2v) is 8.48. The van der Waals surface area contributed by atoms with Gasteiger partial charge in [0.2, 0.25) is 5.91 Å². The number of alkyl halides is 1. The van der Waals surface area contributed by atoms with Crippen LogP contribution in [0.3, 0.4) is 0 Å². The minimum atomic E-state index is -0.944. The minimum Gasteiger partial charge on any atom is -0.497 e. The third-order valence-corrected chi connectivity index (χ3v) is 6.57. The zero-order valence-electron chi connectivity index (χ0n) is 16.5. The van der Waals surface area contributed by atoms with E-state index in [0.717, 1.165) is 25.0 Å². The van der Waals surface area contributed by atoms with Crippen LogP contribution in [0.2, 0.25) is 0 Å². The summed E-state index contributed by atoms with van der Waals surface area (Å²) in [6.45, 7) is 0.775. The fraction of sp³-hybridized carbons (Fsp3) is 0.571. The molecule has 7 nitrogen and oxygen atoms in total. The highest BCUT2D eigenvalue weighted by Gasteiger charge is 2.46. The van der Waals surface area contributed by atoms with Gasteiger partial charge >= 0.3 is 5.69 Å². The van der Waals surface area contributed by atoms with Gasteiger partial charge in [-0.2, -0.15) is 5.10 Å². The number of likely N-dealkylation sites (tertiary alicyclic amines) is 1. The number of methoxy groups -OCH3 is 1. The van der Waals surface area contributed by atoms with E-state index in [2.05, 4.69) is 17.2 Å². The number of amides is 1. The lowest BCUT2D eigenvalue weighted by atomic mass is 9.96. The van der Waals surface area contributed by atoms with Crippen LogP contribution < -0.4 is 10.4 Å². The Kier molecular flexibility index (Phi) is 4.26. The number of hydrogen-bond acceptors (Lipinski definition) is 4. The summed E-state index contributed by atoms with van der Waals surface area (Å²) in [5.74, 6) is 1.32. The zero-order chi connectivity index (χ0) is 20.2. The maximum absolute atomic E-state index is 13.2. The summed E-state index contributed by atoms with van der Waals surface area (Å²) in [5, 5.41) is 4.58. The molecule has 0 unspecified atom stereocenters. The number of aryl methyl sites for hydroxylation is 1. The highest BCUT2D eigenvalue weighted by atomic mass is 19.1. The van der Waals surface area contributed by atoms with Gasteiger partial charge in [0.05, 0.1) is 26.7 Å². The molecule has 0 spiro atoms. The van der Waals surface area contributed by atoms with E-state index < -0.39 is 12.2 Å². The summed E-state index contributed by atoms with van der Waals surface area (Å²) < 4.78 is 21.5.